The van der Waals surface area contributed by atoms with E-state index in [1.54, 1.807) is 0 Å². The van der Waals surface area contributed by atoms with Crippen molar-refractivity contribution in [3.05, 3.63) is 23.8 Å². The van der Waals surface area contributed by atoms with Crippen molar-refractivity contribution in [3.8, 4) is 11.5 Å². The predicted octanol–water partition coefficient (Wildman–Crippen LogP) is 2.19. The molecule has 2 aliphatic heterocycles. The zero-order valence-corrected chi connectivity index (χ0v) is 12.8. The van der Waals surface area contributed by atoms with Crippen molar-refractivity contribution in [2.75, 3.05) is 32.8 Å². The Morgan fingerprint density at radius 2 is 1.91 bits per heavy atom. The Balaban J connectivity index is 1.52. The second kappa shape index (κ2) is 7.01. The van der Waals surface area contributed by atoms with Gasteiger partial charge in [-0.2, -0.15) is 0 Å². The van der Waals surface area contributed by atoms with Crippen molar-refractivity contribution >= 4 is 5.97 Å². The largest absolute Gasteiger partial charge is 0.490 e. The second-order valence-electron chi connectivity index (χ2n) is 6.04. The van der Waals surface area contributed by atoms with Crippen molar-refractivity contribution < 1.29 is 19.4 Å². The molecule has 1 fully saturated rings. The minimum atomic E-state index is -0.650. The van der Waals surface area contributed by atoms with Crippen LogP contribution in [-0.2, 0) is 11.2 Å². The zero-order valence-electron chi connectivity index (χ0n) is 12.8. The number of ether oxygens (including phenoxy) is 2. The molecule has 0 spiro atoms. The van der Waals surface area contributed by atoms with E-state index in [0.717, 1.165) is 56.8 Å². The first-order valence-electron chi connectivity index (χ1n) is 8.06. The van der Waals surface area contributed by atoms with E-state index < -0.39 is 5.97 Å². The third kappa shape index (κ3) is 3.71. The molecule has 0 saturated carbocycles. The van der Waals surface area contributed by atoms with E-state index >= 15 is 0 Å². The second-order valence-corrected chi connectivity index (χ2v) is 6.04. The molecule has 2 heterocycles. The number of aliphatic carboxylic acids is 1. The van der Waals surface area contributed by atoms with Crippen LogP contribution in [0.1, 0.15) is 24.8 Å². The highest BCUT2D eigenvalue weighted by molar-refractivity contribution is 5.70. The van der Waals surface area contributed by atoms with Crippen LogP contribution in [0.4, 0.5) is 0 Å². The minimum absolute atomic E-state index is 0.158. The van der Waals surface area contributed by atoms with Crippen LogP contribution in [0.3, 0.4) is 0 Å². The number of carbonyl (C=O) groups is 1. The highest BCUT2D eigenvalue weighted by atomic mass is 16.5. The molecule has 22 heavy (non-hydrogen) atoms. The monoisotopic (exact) mass is 305 g/mol. The van der Waals surface area contributed by atoms with Gasteiger partial charge < -0.3 is 19.5 Å². The Morgan fingerprint density at radius 3 is 2.64 bits per heavy atom. The number of carboxylic acids is 1. The number of benzene rings is 1. The maximum atomic E-state index is 11.0. The lowest BCUT2D eigenvalue weighted by atomic mass is 9.97. The first-order chi connectivity index (χ1) is 10.7. The molecule has 0 unspecified atom stereocenters. The van der Waals surface area contributed by atoms with E-state index in [2.05, 4.69) is 17.0 Å². The lowest BCUT2D eigenvalue weighted by molar-refractivity contribution is -0.143. The fraction of sp³-hybridized carbons (Fsp3) is 0.588. The summed E-state index contributed by atoms with van der Waals surface area (Å²) in [4.78, 5) is 13.3. The van der Waals surface area contributed by atoms with Gasteiger partial charge in [-0.25, -0.2) is 0 Å². The quantitative estimate of drug-likeness (QED) is 0.924. The van der Waals surface area contributed by atoms with Gasteiger partial charge in [-0.3, -0.25) is 4.79 Å². The van der Waals surface area contributed by atoms with Gasteiger partial charge in [0.15, 0.2) is 11.5 Å². The van der Waals surface area contributed by atoms with E-state index in [4.69, 9.17) is 14.6 Å². The Morgan fingerprint density at radius 1 is 1.18 bits per heavy atom. The van der Waals surface area contributed by atoms with Gasteiger partial charge in [0.1, 0.15) is 0 Å². The Labute approximate surface area is 130 Å². The molecule has 2 aliphatic rings. The van der Waals surface area contributed by atoms with Crippen molar-refractivity contribution in [2.24, 2.45) is 5.92 Å². The number of fused-ring (bicyclic) bond motifs is 1. The van der Waals surface area contributed by atoms with Crippen LogP contribution in [0.25, 0.3) is 0 Å². The van der Waals surface area contributed by atoms with Crippen molar-refractivity contribution in [1.29, 1.82) is 0 Å². The standard InChI is InChI=1S/C17H23NO4/c19-17(20)14-5-8-18(9-6-14)7-4-13-2-3-15-16(12-13)22-11-1-10-21-15/h2-3,12,14H,1,4-11H2,(H,19,20). The summed E-state index contributed by atoms with van der Waals surface area (Å²) in [6.07, 6.45) is 3.39. The maximum Gasteiger partial charge on any atom is 0.306 e. The van der Waals surface area contributed by atoms with E-state index in [1.165, 1.54) is 5.56 Å². The van der Waals surface area contributed by atoms with E-state index in [9.17, 15) is 4.79 Å². The molecule has 1 aromatic rings. The maximum absolute atomic E-state index is 11.0. The molecular weight excluding hydrogens is 282 g/mol. The Hall–Kier alpha value is -1.75. The van der Waals surface area contributed by atoms with E-state index in [0.29, 0.717) is 13.2 Å². The van der Waals surface area contributed by atoms with Gasteiger partial charge in [0.25, 0.3) is 0 Å². The topological polar surface area (TPSA) is 59.0 Å². The summed E-state index contributed by atoms with van der Waals surface area (Å²) in [6, 6.07) is 6.16. The van der Waals surface area contributed by atoms with Gasteiger partial charge in [0, 0.05) is 13.0 Å². The number of hydrogen-bond acceptors (Lipinski definition) is 4. The number of hydrogen-bond donors (Lipinski definition) is 1. The average Bonchev–Trinajstić information content (AvgIpc) is 2.78. The number of rotatable bonds is 4. The number of nitrogens with zero attached hydrogens (tertiary/aromatic N) is 1. The van der Waals surface area contributed by atoms with E-state index in [-0.39, 0.29) is 5.92 Å². The number of likely N-dealkylation sites (tertiary alicyclic amines) is 1. The molecule has 1 aromatic carbocycles. The lowest BCUT2D eigenvalue weighted by Gasteiger charge is -2.30. The van der Waals surface area contributed by atoms with E-state index in [1.807, 2.05) is 6.07 Å². The van der Waals surface area contributed by atoms with Crippen molar-refractivity contribution in [3.63, 3.8) is 0 Å². The molecule has 1 saturated heterocycles. The van der Waals surface area contributed by atoms with Crippen molar-refractivity contribution in [1.82, 2.24) is 4.90 Å². The number of piperidine rings is 1. The summed E-state index contributed by atoms with van der Waals surface area (Å²) in [5.74, 6) is 0.875. The van der Waals surface area contributed by atoms with Crippen LogP contribution >= 0.6 is 0 Å². The molecule has 120 valence electrons. The molecule has 0 radical (unpaired) electrons. The summed E-state index contributed by atoms with van der Waals surface area (Å²) in [5, 5.41) is 9.02. The molecular formula is C17H23NO4. The third-order valence-corrected chi connectivity index (χ3v) is 4.47. The van der Waals surface area contributed by atoms with Gasteiger partial charge in [0.2, 0.25) is 0 Å². The SMILES string of the molecule is O=C(O)C1CCN(CCc2ccc3c(c2)OCCCO3)CC1. The summed E-state index contributed by atoms with van der Waals surface area (Å²) < 4.78 is 11.4. The normalized spacial score (nSPS) is 19.6. The fourth-order valence-corrected chi connectivity index (χ4v) is 3.05. The Bertz CT molecular complexity index is 523. The lowest BCUT2D eigenvalue weighted by Crippen LogP contribution is -2.37. The van der Waals surface area contributed by atoms with Crippen LogP contribution in [0, 0.1) is 5.92 Å². The van der Waals surface area contributed by atoms with Gasteiger partial charge in [-0.05, 0) is 50.0 Å². The molecule has 0 aliphatic carbocycles. The van der Waals surface area contributed by atoms with Crippen LogP contribution in [0.5, 0.6) is 11.5 Å². The summed E-state index contributed by atoms with van der Waals surface area (Å²) in [7, 11) is 0. The first-order valence-corrected chi connectivity index (χ1v) is 8.06. The highest BCUT2D eigenvalue weighted by Crippen LogP contribution is 2.30. The summed E-state index contributed by atoms with van der Waals surface area (Å²) in [6.45, 7) is 4.14. The minimum Gasteiger partial charge on any atom is -0.490 e. The van der Waals surface area contributed by atoms with Crippen LogP contribution in [0.2, 0.25) is 0 Å². The predicted molar refractivity (Wildman–Crippen MR) is 82.6 cm³/mol. The van der Waals surface area contributed by atoms with Gasteiger partial charge in [-0.15, -0.1) is 0 Å². The molecule has 0 aromatic heterocycles. The van der Waals surface area contributed by atoms with Crippen LogP contribution in [-0.4, -0.2) is 48.8 Å². The van der Waals surface area contributed by atoms with Crippen LogP contribution in [0.15, 0.2) is 18.2 Å². The summed E-state index contributed by atoms with van der Waals surface area (Å²) in [5.41, 5.74) is 1.24. The molecule has 0 atom stereocenters. The van der Waals surface area contributed by atoms with Gasteiger partial charge in [0.05, 0.1) is 19.1 Å². The first kappa shape index (κ1) is 15.2. The highest BCUT2D eigenvalue weighted by Gasteiger charge is 2.24. The summed E-state index contributed by atoms with van der Waals surface area (Å²) >= 11 is 0. The molecule has 5 heteroatoms. The molecule has 0 amide bonds. The third-order valence-electron chi connectivity index (χ3n) is 4.47. The zero-order chi connectivity index (χ0) is 15.4. The van der Waals surface area contributed by atoms with Gasteiger partial charge in [-0.1, -0.05) is 6.07 Å². The smallest absolute Gasteiger partial charge is 0.306 e. The molecule has 0 bridgehead atoms. The Kier molecular flexibility index (Phi) is 4.83. The molecule has 3 rings (SSSR count). The average molecular weight is 305 g/mol. The van der Waals surface area contributed by atoms with Crippen molar-refractivity contribution in [2.45, 2.75) is 25.7 Å². The van der Waals surface area contributed by atoms with Crippen LogP contribution < -0.4 is 9.47 Å². The van der Waals surface area contributed by atoms with Gasteiger partial charge >= 0.3 is 5.97 Å². The molecule has 5 nitrogen and oxygen atoms in total. The number of carboxylic acid groups (broad SMARTS) is 1. The molecule has 1 N–H and O–H groups in total. The fourth-order valence-electron chi connectivity index (χ4n) is 3.05.